The zero-order valence-corrected chi connectivity index (χ0v) is 22.0. The molecule has 35 heavy (non-hydrogen) atoms. The maximum Gasteiger partial charge on any atom is 0.174 e. The molecule has 4 aromatic rings. The van der Waals surface area contributed by atoms with Crippen LogP contribution >= 0.6 is 23.8 Å². The number of pyridine rings is 1. The number of rotatable bonds is 5. The Bertz CT molecular complexity index is 1380. The van der Waals surface area contributed by atoms with Gasteiger partial charge in [0.25, 0.3) is 0 Å². The number of hydrogen-bond donors (Lipinski definition) is 1. The third-order valence-electron chi connectivity index (χ3n) is 7.09. The van der Waals surface area contributed by atoms with Gasteiger partial charge in [0.05, 0.1) is 17.8 Å². The number of nitrogens with one attached hydrogen (secondary N) is 1. The Balaban J connectivity index is 1.71. The van der Waals surface area contributed by atoms with Gasteiger partial charge in [-0.3, -0.25) is 4.98 Å². The molecule has 1 N–H and O–H groups in total. The van der Waals surface area contributed by atoms with Crippen molar-refractivity contribution in [2.24, 2.45) is 0 Å². The monoisotopic (exact) mass is 500 g/mol. The average molecular weight is 501 g/mol. The zero-order valence-electron chi connectivity index (χ0n) is 20.4. The van der Waals surface area contributed by atoms with Crippen molar-refractivity contribution < 1.29 is 0 Å². The quantitative estimate of drug-likeness (QED) is 0.294. The summed E-state index contributed by atoms with van der Waals surface area (Å²) in [6, 6.07) is 22.7. The van der Waals surface area contributed by atoms with Gasteiger partial charge in [-0.25, -0.2) is 0 Å². The van der Waals surface area contributed by atoms with Crippen molar-refractivity contribution in [1.29, 1.82) is 0 Å². The van der Waals surface area contributed by atoms with Crippen molar-refractivity contribution in [3.05, 3.63) is 112 Å². The summed E-state index contributed by atoms with van der Waals surface area (Å²) < 4.78 is 2.30. The van der Waals surface area contributed by atoms with Crippen molar-refractivity contribution in [1.82, 2.24) is 14.9 Å². The summed E-state index contributed by atoms with van der Waals surface area (Å²) in [7, 11) is 0. The van der Waals surface area contributed by atoms with Crippen LogP contribution in [0.3, 0.4) is 0 Å². The molecule has 4 nitrogen and oxygen atoms in total. The van der Waals surface area contributed by atoms with Crippen LogP contribution in [0.4, 0.5) is 5.69 Å². The van der Waals surface area contributed by atoms with E-state index in [9.17, 15) is 0 Å². The molecule has 2 aromatic heterocycles. The summed E-state index contributed by atoms with van der Waals surface area (Å²) in [6.45, 7) is 8.73. The van der Waals surface area contributed by atoms with Crippen molar-refractivity contribution >= 4 is 34.6 Å². The predicted octanol–water partition coefficient (Wildman–Crippen LogP) is 7.19. The number of benzene rings is 2. The van der Waals surface area contributed by atoms with E-state index < -0.39 is 0 Å². The zero-order chi connectivity index (χ0) is 24.7. The molecule has 0 amide bonds. The molecule has 1 aliphatic rings. The van der Waals surface area contributed by atoms with Crippen LogP contribution in [0.1, 0.15) is 52.8 Å². The Morgan fingerprint density at radius 1 is 0.943 bits per heavy atom. The Hall–Kier alpha value is -3.15. The maximum absolute atomic E-state index is 6.37. The van der Waals surface area contributed by atoms with Crippen LogP contribution in [-0.2, 0) is 6.42 Å². The molecule has 0 spiro atoms. The van der Waals surface area contributed by atoms with Gasteiger partial charge in [0, 0.05) is 39.5 Å². The van der Waals surface area contributed by atoms with Crippen LogP contribution < -0.4 is 10.2 Å². The Labute approximate surface area is 217 Å². The number of anilines is 1. The second-order valence-corrected chi connectivity index (χ2v) is 9.86. The number of thiocarbonyl (C=S) groups is 1. The van der Waals surface area contributed by atoms with Crippen molar-refractivity contribution in [3.8, 4) is 5.69 Å². The van der Waals surface area contributed by atoms with Crippen LogP contribution in [-0.4, -0.2) is 14.7 Å². The van der Waals surface area contributed by atoms with E-state index in [0.29, 0.717) is 5.11 Å². The van der Waals surface area contributed by atoms with Gasteiger partial charge in [-0.05, 0) is 93.0 Å². The van der Waals surface area contributed by atoms with Gasteiger partial charge in [-0.1, -0.05) is 42.8 Å². The van der Waals surface area contributed by atoms with Gasteiger partial charge >= 0.3 is 0 Å². The largest absolute Gasteiger partial charge is 0.351 e. The van der Waals surface area contributed by atoms with E-state index in [1.807, 2.05) is 36.5 Å². The fourth-order valence-electron chi connectivity index (χ4n) is 5.26. The summed E-state index contributed by atoms with van der Waals surface area (Å²) >= 11 is 12.3. The molecule has 178 valence electrons. The maximum atomic E-state index is 6.37. The van der Waals surface area contributed by atoms with Crippen LogP contribution in [0.5, 0.6) is 0 Å². The van der Waals surface area contributed by atoms with Gasteiger partial charge < -0.3 is 14.8 Å². The summed E-state index contributed by atoms with van der Waals surface area (Å²) in [5, 5.41) is 5.03. The molecule has 3 heterocycles. The number of hydrogen-bond acceptors (Lipinski definition) is 2. The van der Waals surface area contributed by atoms with Crippen LogP contribution in [0, 0.1) is 20.8 Å². The highest BCUT2D eigenvalue weighted by atomic mass is 35.5. The fraction of sp³-hybridized carbons (Fsp3) is 0.241. The first-order chi connectivity index (χ1) is 16.9. The standard InChI is InChI=1S/C29H29ClN4S/c1-5-21-12-14-23(15-13-21)34-28(27(32-29(34)35)25-11-6-7-16-31-25)26-18(2)19(3)33(20(26)4)24-10-8-9-22(30)17-24/h6-17,27-28H,5H2,1-4H3,(H,32,35)/t27-,28-/m1/s1. The number of halogens is 1. The van der Waals surface area contributed by atoms with E-state index in [0.717, 1.165) is 28.5 Å². The lowest BCUT2D eigenvalue weighted by Crippen LogP contribution is -2.29. The molecule has 5 rings (SSSR count). The first-order valence-electron chi connectivity index (χ1n) is 11.9. The Morgan fingerprint density at radius 3 is 2.37 bits per heavy atom. The summed E-state index contributed by atoms with van der Waals surface area (Å²) in [5.41, 5.74) is 9.28. The molecule has 1 fully saturated rings. The SMILES string of the molecule is CCc1ccc(N2C(=S)N[C@H](c3ccccn3)[C@H]2c2c(C)c(C)n(-c3cccc(Cl)c3)c2C)cc1. The molecule has 1 aliphatic heterocycles. The van der Waals surface area contributed by atoms with Crippen LogP contribution in [0.25, 0.3) is 5.69 Å². The lowest BCUT2D eigenvalue weighted by molar-refractivity contribution is 0.563. The van der Waals surface area contributed by atoms with E-state index in [1.165, 1.54) is 28.1 Å². The van der Waals surface area contributed by atoms with Gasteiger partial charge in [0.15, 0.2) is 5.11 Å². The summed E-state index contributed by atoms with van der Waals surface area (Å²) in [4.78, 5) is 6.97. The third-order valence-corrected chi connectivity index (χ3v) is 7.64. The van der Waals surface area contributed by atoms with Crippen LogP contribution in [0.15, 0.2) is 72.9 Å². The normalized spacial score (nSPS) is 17.6. The number of aryl methyl sites for hydroxylation is 1. The lowest BCUT2D eigenvalue weighted by Gasteiger charge is -2.29. The van der Waals surface area contributed by atoms with Crippen molar-refractivity contribution in [3.63, 3.8) is 0 Å². The smallest absolute Gasteiger partial charge is 0.174 e. The second-order valence-electron chi connectivity index (χ2n) is 9.04. The molecular formula is C29H29ClN4S. The van der Waals surface area contributed by atoms with E-state index in [4.69, 9.17) is 28.8 Å². The van der Waals surface area contributed by atoms with Crippen molar-refractivity contribution in [2.75, 3.05) is 4.90 Å². The molecule has 0 saturated carbocycles. The van der Waals surface area contributed by atoms with E-state index in [-0.39, 0.29) is 12.1 Å². The Morgan fingerprint density at radius 2 is 1.71 bits per heavy atom. The highest BCUT2D eigenvalue weighted by molar-refractivity contribution is 7.80. The molecule has 0 unspecified atom stereocenters. The van der Waals surface area contributed by atoms with Gasteiger partial charge in [-0.2, -0.15) is 0 Å². The molecule has 0 aliphatic carbocycles. The van der Waals surface area contributed by atoms with E-state index in [1.54, 1.807) is 0 Å². The first kappa shape index (κ1) is 23.6. The lowest BCUT2D eigenvalue weighted by atomic mass is 9.93. The predicted molar refractivity (Wildman–Crippen MR) is 149 cm³/mol. The molecule has 1 saturated heterocycles. The van der Waals surface area contributed by atoms with Gasteiger partial charge in [0.2, 0.25) is 0 Å². The molecule has 0 radical (unpaired) electrons. The minimum atomic E-state index is -0.0819. The second kappa shape index (κ2) is 9.48. The molecule has 6 heteroatoms. The topological polar surface area (TPSA) is 33.1 Å². The fourth-order valence-corrected chi connectivity index (χ4v) is 5.79. The molecule has 2 aromatic carbocycles. The minimum Gasteiger partial charge on any atom is -0.351 e. The van der Waals surface area contributed by atoms with Crippen molar-refractivity contribution in [2.45, 2.75) is 46.2 Å². The average Bonchev–Trinajstić information content (AvgIpc) is 3.31. The van der Waals surface area contributed by atoms with E-state index >= 15 is 0 Å². The van der Waals surface area contributed by atoms with Crippen LogP contribution in [0.2, 0.25) is 5.02 Å². The summed E-state index contributed by atoms with van der Waals surface area (Å²) in [5.74, 6) is 0. The molecule has 0 bridgehead atoms. The Kier molecular flexibility index (Phi) is 6.39. The van der Waals surface area contributed by atoms with Gasteiger partial charge in [0.1, 0.15) is 0 Å². The summed E-state index contributed by atoms with van der Waals surface area (Å²) in [6.07, 6.45) is 2.85. The number of aromatic nitrogens is 2. The highest BCUT2D eigenvalue weighted by Crippen LogP contribution is 2.45. The first-order valence-corrected chi connectivity index (χ1v) is 12.7. The van der Waals surface area contributed by atoms with Gasteiger partial charge in [-0.15, -0.1) is 0 Å². The highest BCUT2D eigenvalue weighted by Gasteiger charge is 2.43. The van der Waals surface area contributed by atoms with E-state index in [2.05, 4.69) is 78.9 Å². The minimum absolute atomic E-state index is 0.0518. The molecular weight excluding hydrogens is 472 g/mol. The number of nitrogens with zero attached hydrogens (tertiary/aromatic N) is 3. The third kappa shape index (κ3) is 4.13. The molecule has 2 atom stereocenters.